The SMILES string of the molecule is CCc1cc[n+](CC(=NNc2ccc([N+](=O)[O-])cc2[N+](=O)[O-])c2ccc([N+](=O)[O-])cc2)cc1. The third-order valence-corrected chi connectivity index (χ3v) is 4.81. The summed E-state index contributed by atoms with van der Waals surface area (Å²) in [6.45, 7) is 2.29. The highest BCUT2D eigenvalue weighted by atomic mass is 16.6. The molecule has 1 heterocycles. The number of nitrogens with zero attached hydrogens (tertiary/aromatic N) is 5. The van der Waals surface area contributed by atoms with E-state index in [0.29, 0.717) is 11.3 Å². The fraction of sp³-hybridized carbons (Fsp3) is 0.143. The van der Waals surface area contributed by atoms with E-state index in [4.69, 9.17) is 0 Å². The number of non-ortho nitro benzene ring substituents is 2. The van der Waals surface area contributed by atoms with Gasteiger partial charge in [0.05, 0.1) is 20.8 Å². The second-order valence-corrected chi connectivity index (χ2v) is 6.92. The minimum absolute atomic E-state index is 0.0312. The molecule has 3 aromatic rings. The van der Waals surface area contributed by atoms with Crippen molar-refractivity contribution in [2.75, 3.05) is 5.43 Å². The van der Waals surface area contributed by atoms with Crippen molar-refractivity contribution in [3.8, 4) is 0 Å². The summed E-state index contributed by atoms with van der Waals surface area (Å²) < 4.78 is 1.84. The molecule has 0 atom stereocenters. The Hall–Kier alpha value is -4.74. The van der Waals surface area contributed by atoms with Gasteiger partial charge >= 0.3 is 5.69 Å². The molecule has 0 unspecified atom stereocenters. The van der Waals surface area contributed by atoms with Gasteiger partial charge in [-0.05, 0) is 30.2 Å². The lowest BCUT2D eigenvalue weighted by Gasteiger charge is -2.07. The molecule has 0 saturated carbocycles. The van der Waals surface area contributed by atoms with Crippen LogP contribution < -0.4 is 9.99 Å². The summed E-state index contributed by atoms with van der Waals surface area (Å²) in [7, 11) is 0. The maximum Gasteiger partial charge on any atom is 0.301 e. The average molecular weight is 451 g/mol. The van der Waals surface area contributed by atoms with Crippen molar-refractivity contribution in [2.24, 2.45) is 5.10 Å². The van der Waals surface area contributed by atoms with Crippen LogP contribution >= 0.6 is 0 Å². The topological polar surface area (TPSA) is 158 Å². The number of hydrazone groups is 1. The Morgan fingerprint density at radius 1 is 0.879 bits per heavy atom. The molecule has 0 radical (unpaired) electrons. The number of aryl methyl sites for hydroxylation is 1. The van der Waals surface area contributed by atoms with Crippen LogP contribution in [-0.2, 0) is 13.0 Å². The van der Waals surface area contributed by atoms with Crippen LogP contribution in [0.1, 0.15) is 18.1 Å². The van der Waals surface area contributed by atoms with Crippen LogP contribution in [-0.4, -0.2) is 20.5 Å². The third-order valence-electron chi connectivity index (χ3n) is 4.81. The lowest BCUT2D eigenvalue weighted by atomic mass is 10.1. The molecule has 33 heavy (non-hydrogen) atoms. The van der Waals surface area contributed by atoms with Gasteiger partial charge in [0.15, 0.2) is 18.9 Å². The Kier molecular flexibility index (Phi) is 6.98. The zero-order valence-corrected chi connectivity index (χ0v) is 17.5. The number of benzene rings is 2. The van der Waals surface area contributed by atoms with Crippen molar-refractivity contribution < 1.29 is 19.3 Å². The van der Waals surface area contributed by atoms with E-state index in [9.17, 15) is 30.3 Å². The molecule has 0 aliphatic heterocycles. The number of nitrogens with one attached hydrogen (secondary N) is 1. The summed E-state index contributed by atoms with van der Waals surface area (Å²) in [6, 6.07) is 12.8. The first-order valence-electron chi connectivity index (χ1n) is 9.76. The lowest BCUT2D eigenvalue weighted by Crippen LogP contribution is -2.37. The number of hydrogen-bond acceptors (Lipinski definition) is 8. The number of nitro benzene ring substituents is 3. The van der Waals surface area contributed by atoms with Crippen molar-refractivity contribution in [1.29, 1.82) is 0 Å². The zero-order chi connectivity index (χ0) is 24.0. The first-order chi connectivity index (χ1) is 15.8. The van der Waals surface area contributed by atoms with E-state index < -0.39 is 26.1 Å². The quantitative estimate of drug-likeness (QED) is 0.224. The number of anilines is 1. The summed E-state index contributed by atoms with van der Waals surface area (Å²) in [6.07, 6.45) is 4.58. The van der Waals surface area contributed by atoms with Gasteiger partial charge in [-0.25, -0.2) is 0 Å². The number of rotatable bonds is 9. The Labute approximate surface area is 187 Å². The standard InChI is InChI=1S/C21H19N6O6/c1-2-15-9-11-24(12-10-15)14-20(16-3-5-17(6-4-16)25(28)29)23-22-19-8-7-18(26(30)31)13-21(19)27(32)33/h3-13,22H,2,14H2,1H3/q+1. The second-order valence-electron chi connectivity index (χ2n) is 6.92. The summed E-state index contributed by atoms with van der Waals surface area (Å²) in [5, 5.41) is 37.6. The van der Waals surface area contributed by atoms with E-state index in [1.54, 1.807) is 0 Å². The number of aromatic nitrogens is 1. The second kappa shape index (κ2) is 10.0. The van der Waals surface area contributed by atoms with E-state index in [1.165, 1.54) is 30.3 Å². The Morgan fingerprint density at radius 3 is 2.03 bits per heavy atom. The fourth-order valence-electron chi connectivity index (χ4n) is 2.98. The van der Waals surface area contributed by atoms with Crippen LogP contribution in [0.25, 0.3) is 0 Å². The molecule has 12 nitrogen and oxygen atoms in total. The molecule has 12 heteroatoms. The number of pyridine rings is 1. The molecule has 0 bridgehead atoms. The van der Waals surface area contributed by atoms with Crippen LogP contribution in [0.4, 0.5) is 22.7 Å². The van der Waals surface area contributed by atoms with Gasteiger partial charge in [-0.2, -0.15) is 9.67 Å². The number of nitro groups is 3. The number of hydrogen-bond donors (Lipinski definition) is 1. The van der Waals surface area contributed by atoms with Gasteiger partial charge < -0.3 is 0 Å². The molecule has 0 aliphatic rings. The van der Waals surface area contributed by atoms with Gasteiger partial charge in [0.2, 0.25) is 0 Å². The Bertz CT molecular complexity index is 1220. The smallest absolute Gasteiger partial charge is 0.271 e. The van der Waals surface area contributed by atoms with Crippen molar-refractivity contribution in [3.63, 3.8) is 0 Å². The summed E-state index contributed by atoms with van der Waals surface area (Å²) in [5.74, 6) is 0. The minimum atomic E-state index is -0.741. The molecule has 0 saturated heterocycles. The first-order valence-corrected chi connectivity index (χ1v) is 9.76. The normalized spacial score (nSPS) is 11.1. The Morgan fingerprint density at radius 2 is 1.48 bits per heavy atom. The van der Waals surface area contributed by atoms with E-state index in [1.807, 2.05) is 36.0 Å². The molecular formula is C21H19N6O6+. The monoisotopic (exact) mass is 451 g/mol. The maximum atomic E-state index is 11.4. The van der Waals surface area contributed by atoms with Gasteiger partial charge in [-0.15, -0.1) is 0 Å². The van der Waals surface area contributed by atoms with Crippen LogP contribution in [0.15, 0.2) is 72.1 Å². The molecule has 0 amide bonds. The molecule has 0 fully saturated rings. The van der Waals surface area contributed by atoms with Gasteiger partial charge in [-0.1, -0.05) is 6.92 Å². The van der Waals surface area contributed by atoms with Crippen molar-refractivity contribution in [2.45, 2.75) is 19.9 Å². The van der Waals surface area contributed by atoms with Crippen LogP contribution in [0.2, 0.25) is 0 Å². The van der Waals surface area contributed by atoms with Crippen molar-refractivity contribution in [1.82, 2.24) is 0 Å². The molecule has 3 rings (SSSR count). The van der Waals surface area contributed by atoms with E-state index in [0.717, 1.165) is 24.1 Å². The van der Waals surface area contributed by atoms with Crippen LogP contribution in [0.5, 0.6) is 0 Å². The molecule has 1 aromatic heterocycles. The fourth-order valence-corrected chi connectivity index (χ4v) is 2.98. The predicted octanol–water partition coefficient (Wildman–Crippen LogP) is 3.78. The lowest BCUT2D eigenvalue weighted by molar-refractivity contribution is -0.681. The predicted molar refractivity (Wildman–Crippen MR) is 119 cm³/mol. The molecule has 1 N–H and O–H groups in total. The molecule has 0 aliphatic carbocycles. The molecule has 0 spiro atoms. The summed E-state index contributed by atoms with van der Waals surface area (Å²) >= 11 is 0. The minimum Gasteiger partial charge on any atom is -0.271 e. The largest absolute Gasteiger partial charge is 0.301 e. The summed E-state index contributed by atoms with van der Waals surface area (Å²) in [4.78, 5) is 31.3. The maximum absolute atomic E-state index is 11.4. The van der Waals surface area contributed by atoms with Gasteiger partial charge in [0.1, 0.15) is 11.4 Å². The summed E-state index contributed by atoms with van der Waals surface area (Å²) in [5.41, 5.74) is 3.71. The van der Waals surface area contributed by atoms with Crippen molar-refractivity contribution >= 4 is 28.5 Å². The third kappa shape index (κ3) is 5.70. The highest BCUT2D eigenvalue weighted by Crippen LogP contribution is 2.29. The van der Waals surface area contributed by atoms with Crippen molar-refractivity contribution in [3.05, 3.63) is 108 Å². The highest BCUT2D eigenvalue weighted by molar-refractivity contribution is 6.00. The molecule has 2 aromatic carbocycles. The average Bonchev–Trinajstić information content (AvgIpc) is 2.82. The first kappa shape index (κ1) is 22.9. The molecule has 168 valence electrons. The zero-order valence-electron chi connectivity index (χ0n) is 17.5. The van der Waals surface area contributed by atoms with E-state index >= 15 is 0 Å². The van der Waals surface area contributed by atoms with Crippen LogP contribution in [0, 0.1) is 30.3 Å². The Balaban J connectivity index is 1.98. The van der Waals surface area contributed by atoms with Crippen LogP contribution in [0.3, 0.4) is 0 Å². The highest BCUT2D eigenvalue weighted by Gasteiger charge is 2.20. The molecular weight excluding hydrogens is 432 g/mol. The van der Waals surface area contributed by atoms with E-state index in [-0.39, 0.29) is 17.9 Å². The van der Waals surface area contributed by atoms with Gasteiger partial charge in [-0.3, -0.25) is 35.8 Å². The van der Waals surface area contributed by atoms with E-state index in [2.05, 4.69) is 10.5 Å². The van der Waals surface area contributed by atoms with Gasteiger partial charge in [0, 0.05) is 35.9 Å². The van der Waals surface area contributed by atoms with Gasteiger partial charge in [0.25, 0.3) is 11.4 Å².